The van der Waals surface area contributed by atoms with Gasteiger partial charge in [0.2, 0.25) is 5.91 Å². The van der Waals surface area contributed by atoms with E-state index in [9.17, 15) is 18.8 Å². The summed E-state index contributed by atoms with van der Waals surface area (Å²) in [6.45, 7) is 2.95. The summed E-state index contributed by atoms with van der Waals surface area (Å²) in [4.78, 5) is 48.3. The molecular formula is C24H26FN7O3S. The van der Waals surface area contributed by atoms with Crippen LogP contribution in [0.5, 0.6) is 0 Å². The molecule has 1 aliphatic rings. The monoisotopic (exact) mass is 511 g/mol. The number of imidazole rings is 1. The van der Waals surface area contributed by atoms with Gasteiger partial charge in [-0.3, -0.25) is 18.7 Å². The maximum absolute atomic E-state index is 14.9. The van der Waals surface area contributed by atoms with Crippen LogP contribution in [0.2, 0.25) is 0 Å². The predicted molar refractivity (Wildman–Crippen MR) is 137 cm³/mol. The maximum atomic E-state index is 14.9. The van der Waals surface area contributed by atoms with Gasteiger partial charge in [0.25, 0.3) is 5.56 Å². The molecular weight excluding hydrogens is 485 g/mol. The molecule has 1 aliphatic heterocycles. The number of amides is 1. The minimum absolute atomic E-state index is 0.116. The van der Waals surface area contributed by atoms with Crippen molar-refractivity contribution in [3.63, 3.8) is 0 Å². The molecule has 4 aromatic rings. The van der Waals surface area contributed by atoms with E-state index in [-0.39, 0.29) is 29.3 Å². The summed E-state index contributed by atoms with van der Waals surface area (Å²) in [5, 5.41) is 4.87. The van der Waals surface area contributed by atoms with Crippen molar-refractivity contribution < 1.29 is 9.18 Å². The first kappa shape index (κ1) is 23.9. The van der Waals surface area contributed by atoms with Crippen LogP contribution in [0.25, 0.3) is 22.4 Å². The van der Waals surface area contributed by atoms with Crippen LogP contribution in [0, 0.1) is 5.82 Å². The Hall–Kier alpha value is -3.80. The molecule has 1 unspecified atom stereocenters. The van der Waals surface area contributed by atoms with Gasteiger partial charge in [-0.15, -0.1) is 11.3 Å². The Bertz CT molecular complexity index is 1620. The number of hydrogen-bond acceptors (Lipinski definition) is 7. The van der Waals surface area contributed by atoms with Crippen LogP contribution < -0.4 is 21.5 Å². The Balaban J connectivity index is 1.33. The highest BCUT2D eigenvalue weighted by Crippen LogP contribution is 2.32. The quantitative estimate of drug-likeness (QED) is 0.441. The smallest absolute Gasteiger partial charge is 0.332 e. The van der Waals surface area contributed by atoms with Crippen LogP contribution in [-0.4, -0.2) is 42.2 Å². The molecule has 4 heterocycles. The van der Waals surface area contributed by atoms with Gasteiger partial charge in [-0.25, -0.2) is 19.2 Å². The summed E-state index contributed by atoms with van der Waals surface area (Å²) in [7, 11) is 4.56. The number of nitrogens with one attached hydrogen (secondary N) is 1. The fourth-order valence-electron chi connectivity index (χ4n) is 4.68. The van der Waals surface area contributed by atoms with Crippen LogP contribution >= 0.6 is 11.3 Å². The lowest BCUT2D eigenvalue weighted by Gasteiger charge is -2.24. The van der Waals surface area contributed by atoms with Crippen LogP contribution in [0.1, 0.15) is 25.6 Å². The number of benzene rings is 1. The van der Waals surface area contributed by atoms with Crippen LogP contribution in [-0.2, 0) is 32.4 Å². The van der Waals surface area contributed by atoms with E-state index in [4.69, 9.17) is 0 Å². The molecule has 188 valence electrons. The zero-order chi connectivity index (χ0) is 25.7. The van der Waals surface area contributed by atoms with Crippen molar-refractivity contribution in [1.29, 1.82) is 0 Å². The Labute approximate surface area is 209 Å². The SMILES string of the molecule is CC1CCCN1c1ccc(-c2csc(NC(=O)Cc3nc4c(c(=O)n(C)c(=O)n4C)n3C)n2)cc1F. The number of aryl methyl sites for hydroxylation is 2. The van der Waals surface area contributed by atoms with Gasteiger partial charge in [0.1, 0.15) is 11.6 Å². The van der Waals surface area contributed by atoms with E-state index in [0.717, 1.165) is 24.0 Å². The normalized spacial score (nSPS) is 15.7. The second-order valence-corrected chi connectivity index (χ2v) is 9.94. The van der Waals surface area contributed by atoms with E-state index in [1.165, 1.54) is 40.6 Å². The average molecular weight is 512 g/mol. The summed E-state index contributed by atoms with van der Waals surface area (Å²) in [6, 6.07) is 5.42. The van der Waals surface area contributed by atoms with Gasteiger partial charge in [-0.1, -0.05) is 6.07 Å². The average Bonchev–Trinajstić information content (AvgIpc) is 3.56. The number of carbonyl (C=O) groups excluding carboxylic acids is 1. The molecule has 0 aliphatic carbocycles. The molecule has 0 bridgehead atoms. The number of aromatic nitrogens is 5. The largest absolute Gasteiger partial charge is 0.366 e. The number of rotatable bonds is 5. The summed E-state index contributed by atoms with van der Waals surface area (Å²) in [5.74, 6) is -0.325. The summed E-state index contributed by atoms with van der Waals surface area (Å²) < 4.78 is 18.7. The van der Waals surface area contributed by atoms with Crippen molar-refractivity contribution in [3.05, 3.63) is 56.1 Å². The Morgan fingerprint density at radius 3 is 2.64 bits per heavy atom. The molecule has 1 fully saturated rings. The number of fused-ring (bicyclic) bond motifs is 1. The zero-order valence-electron chi connectivity index (χ0n) is 20.4. The molecule has 0 saturated carbocycles. The summed E-state index contributed by atoms with van der Waals surface area (Å²) in [5.41, 5.74) is 1.30. The Kier molecular flexibility index (Phi) is 5.99. The lowest BCUT2D eigenvalue weighted by molar-refractivity contribution is -0.115. The van der Waals surface area contributed by atoms with Crippen molar-refractivity contribution in [2.45, 2.75) is 32.2 Å². The summed E-state index contributed by atoms with van der Waals surface area (Å²) in [6.07, 6.45) is 1.99. The van der Waals surface area contributed by atoms with Gasteiger partial charge >= 0.3 is 5.69 Å². The number of carbonyl (C=O) groups is 1. The molecule has 1 saturated heterocycles. The standard InChI is InChI=1S/C24H26FN7O3S/c1-13-6-5-9-32(13)17-8-7-14(10-15(17)25)16-12-36-23(26-16)28-19(33)11-18-27-21-20(29(18)2)22(34)31(4)24(35)30(21)3/h7-8,10,12-13H,5-6,9,11H2,1-4H3,(H,26,28,33). The van der Waals surface area contributed by atoms with E-state index < -0.39 is 11.2 Å². The van der Waals surface area contributed by atoms with E-state index in [1.807, 2.05) is 6.07 Å². The molecule has 0 radical (unpaired) electrons. The molecule has 1 atom stereocenters. The first-order valence-electron chi connectivity index (χ1n) is 11.6. The molecule has 1 N–H and O–H groups in total. The van der Waals surface area contributed by atoms with Crippen molar-refractivity contribution in [2.24, 2.45) is 21.1 Å². The molecule has 3 aromatic heterocycles. The van der Waals surface area contributed by atoms with Crippen molar-refractivity contribution >= 4 is 39.2 Å². The van der Waals surface area contributed by atoms with Gasteiger partial charge < -0.3 is 14.8 Å². The fourth-order valence-corrected chi connectivity index (χ4v) is 5.42. The first-order chi connectivity index (χ1) is 17.2. The number of nitrogens with zero attached hydrogens (tertiary/aromatic N) is 6. The van der Waals surface area contributed by atoms with E-state index in [0.29, 0.717) is 33.9 Å². The molecule has 12 heteroatoms. The second-order valence-electron chi connectivity index (χ2n) is 9.08. The second kappa shape index (κ2) is 9.01. The summed E-state index contributed by atoms with van der Waals surface area (Å²) >= 11 is 1.24. The highest BCUT2D eigenvalue weighted by molar-refractivity contribution is 7.14. The third kappa shape index (κ3) is 4.00. The number of halogens is 1. The van der Waals surface area contributed by atoms with Gasteiger partial charge in [-0.05, 0) is 31.9 Å². The molecule has 5 rings (SSSR count). The lowest BCUT2D eigenvalue weighted by Crippen LogP contribution is -2.37. The third-order valence-electron chi connectivity index (χ3n) is 6.74. The number of thiazole rings is 1. The van der Waals surface area contributed by atoms with Crippen molar-refractivity contribution in [1.82, 2.24) is 23.7 Å². The van der Waals surface area contributed by atoms with Gasteiger partial charge in [0, 0.05) is 44.7 Å². The van der Waals surface area contributed by atoms with E-state index in [1.54, 1.807) is 18.5 Å². The topological polar surface area (TPSA) is 107 Å². The van der Waals surface area contributed by atoms with Crippen LogP contribution in [0.15, 0.2) is 33.2 Å². The van der Waals surface area contributed by atoms with E-state index in [2.05, 4.69) is 27.1 Å². The molecule has 1 aromatic carbocycles. The Morgan fingerprint density at radius 1 is 1.17 bits per heavy atom. The van der Waals surface area contributed by atoms with Crippen LogP contribution in [0.4, 0.5) is 15.2 Å². The van der Waals surface area contributed by atoms with E-state index >= 15 is 0 Å². The number of anilines is 2. The molecule has 0 spiro atoms. The van der Waals surface area contributed by atoms with Crippen LogP contribution in [0.3, 0.4) is 0 Å². The highest BCUT2D eigenvalue weighted by Gasteiger charge is 2.23. The fraction of sp³-hybridized carbons (Fsp3) is 0.375. The predicted octanol–water partition coefficient (Wildman–Crippen LogP) is 2.40. The van der Waals surface area contributed by atoms with Crippen molar-refractivity contribution in [3.8, 4) is 11.3 Å². The molecule has 10 nitrogen and oxygen atoms in total. The van der Waals surface area contributed by atoms with Crippen molar-refractivity contribution in [2.75, 3.05) is 16.8 Å². The molecule has 1 amide bonds. The Morgan fingerprint density at radius 2 is 1.94 bits per heavy atom. The van der Waals surface area contributed by atoms with Gasteiger partial charge in [0.15, 0.2) is 16.3 Å². The highest BCUT2D eigenvalue weighted by atomic mass is 32.1. The maximum Gasteiger partial charge on any atom is 0.332 e. The first-order valence-corrected chi connectivity index (χ1v) is 12.5. The number of hydrogen-bond donors (Lipinski definition) is 1. The third-order valence-corrected chi connectivity index (χ3v) is 7.50. The van der Waals surface area contributed by atoms with Gasteiger partial charge in [0.05, 0.1) is 17.8 Å². The minimum atomic E-state index is -0.490. The minimum Gasteiger partial charge on any atom is -0.366 e. The lowest BCUT2D eigenvalue weighted by atomic mass is 10.1. The zero-order valence-corrected chi connectivity index (χ0v) is 21.2. The molecule has 36 heavy (non-hydrogen) atoms. The van der Waals surface area contributed by atoms with Gasteiger partial charge in [-0.2, -0.15) is 0 Å².